The van der Waals surface area contributed by atoms with Crippen molar-refractivity contribution in [2.45, 2.75) is 6.92 Å². The minimum absolute atomic E-state index is 0.179. The zero-order valence-electron chi connectivity index (χ0n) is 5.24. The summed E-state index contributed by atoms with van der Waals surface area (Å²) in [5.74, 6) is -0.608. The predicted molar refractivity (Wildman–Crippen MR) is 42.5 cm³/mol. The summed E-state index contributed by atoms with van der Waals surface area (Å²) in [5.41, 5.74) is 0. The minimum Gasteiger partial charge on any atom is -0.234 e. The van der Waals surface area contributed by atoms with Crippen LogP contribution in [-0.2, 0) is 0 Å². The van der Waals surface area contributed by atoms with Gasteiger partial charge in [-0.1, -0.05) is 11.6 Å². The van der Waals surface area contributed by atoms with Gasteiger partial charge >= 0.3 is 0 Å². The second kappa shape index (κ2) is 4.41. The van der Waals surface area contributed by atoms with E-state index in [2.05, 4.69) is 16.7 Å². The van der Waals surface area contributed by atoms with Gasteiger partial charge in [0.25, 0.3) is 0 Å². The van der Waals surface area contributed by atoms with Gasteiger partial charge in [-0.25, -0.2) is 14.4 Å². The summed E-state index contributed by atoms with van der Waals surface area (Å²) >= 11 is 10.5. The standard InChI is InChI=1S/C5H5Cl2FN2/c1-3(8)4(6)10-5(7)9-2/h2H2,1H3/b4-3+,10-5?. The van der Waals surface area contributed by atoms with Crippen LogP contribution in [0.1, 0.15) is 6.92 Å². The van der Waals surface area contributed by atoms with E-state index >= 15 is 0 Å². The second-order valence-corrected chi connectivity index (χ2v) is 2.06. The molecule has 0 aromatic carbocycles. The molecule has 0 unspecified atom stereocenters. The van der Waals surface area contributed by atoms with Gasteiger partial charge in [0.2, 0.25) is 5.29 Å². The number of aliphatic imine (C=N–C) groups is 2. The Morgan fingerprint density at radius 2 is 2.00 bits per heavy atom. The van der Waals surface area contributed by atoms with Crippen LogP contribution in [0.15, 0.2) is 21.0 Å². The third-order valence-electron chi connectivity index (χ3n) is 0.605. The molecule has 0 heterocycles. The smallest absolute Gasteiger partial charge is 0.223 e. The summed E-state index contributed by atoms with van der Waals surface area (Å²) in [6.45, 7) is 4.22. The van der Waals surface area contributed by atoms with E-state index in [0.29, 0.717) is 0 Å². The van der Waals surface area contributed by atoms with E-state index in [0.717, 1.165) is 0 Å². The molecule has 10 heavy (non-hydrogen) atoms. The Balaban J connectivity index is 4.42. The highest BCUT2D eigenvalue weighted by atomic mass is 35.5. The highest BCUT2D eigenvalue weighted by Crippen LogP contribution is 2.12. The summed E-state index contributed by atoms with van der Waals surface area (Å²) in [4.78, 5) is 6.51. The summed E-state index contributed by atoms with van der Waals surface area (Å²) < 4.78 is 12.1. The maximum atomic E-state index is 12.1. The van der Waals surface area contributed by atoms with Gasteiger partial charge in [0, 0.05) is 0 Å². The minimum atomic E-state index is -0.608. The highest BCUT2D eigenvalue weighted by Gasteiger charge is 1.95. The molecule has 0 spiro atoms. The first-order valence-electron chi connectivity index (χ1n) is 2.30. The Morgan fingerprint density at radius 1 is 1.50 bits per heavy atom. The lowest BCUT2D eigenvalue weighted by Gasteiger charge is -1.88. The molecule has 0 amide bonds. The molecule has 56 valence electrons. The molecule has 0 saturated carbocycles. The largest absolute Gasteiger partial charge is 0.234 e. The van der Waals surface area contributed by atoms with Crippen LogP contribution in [0.25, 0.3) is 0 Å². The van der Waals surface area contributed by atoms with Gasteiger partial charge in [0.05, 0.1) is 0 Å². The van der Waals surface area contributed by atoms with Gasteiger partial charge in [0.15, 0.2) is 5.16 Å². The van der Waals surface area contributed by atoms with Crippen molar-refractivity contribution >= 4 is 35.2 Å². The Hall–Kier alpha value is -0.410. The van der Waals surface area contributed by atoms with Crippen LogP contribution < -0.4 is 0 Å². The van der Waals surface area contributed by atoms with E-state index in [-0.39, 0.29) is 10.5 Å². The topological polar surface area (TPSA) is 24.7 Å². The summed E-state index contributed by atoms with van der Waals surface area (Å²) in [6, 6.07) is 0. The predicted octanol–water partition coefficient (Wildman–Crippen LogP) is 2.68. The molecule has 0 N–H and O–H groups in total. The van der Waals surface area contributed by atoms with Gasteiger partial charge in [-0.3, -0.25) is 0 Å². The molecule has 0 aliphatic heterocycles. The Labute approximate surface area is 68.1 Å². The van der Waals surface area contributed by atoms with E-state index in [1.165, 1.54) is 6.92 Å². The number of nitrogens with zero attached hydrogens (tertiary/aromatic N) is 2. The van der Waals surface area contributed by atoms with Gasteiger partial charge in [0.1, 0.15) is 5.83 Å². The second-order valence-electron chi connectivity index (χ2n) is 1.36. The third-order valence-corrected chi connectivity index (χ3v) is 1.15. The van der Waals surface area contributed by atoms with Crippen LogP contribution in [0.4, 0.5) is 4.39 Å². The molecule has 0 aliphatic rings. The van der Waals surface area contributed by atoms with Crippen LogP contribution in [0.5, 0.6) is 0 Å². The van der Waals surface area contributed by atoms with Crippen LogP contribution in [0, 0.1) is 0 Å². The van der Waals surface area contributed by atoms with Crippen LogP contribution in [0.3, 0.4) is 0 Å². The fourth-order valence-electron chi connectivity index (χ4n) is 0.193. The summed E-state index contributed by atoms with van der Waals surface area (Å²) in [6.07, 6.45) is 0. The first-order chi connectivity index (χ1) is 4.57. The normalized spacial score (nSPS) is 14.6. The SMILES string of the molecule is C=NC(Cl)=N/C(Cl)=C(\C)F. The molecule has 5 heteroatoms. The van der Waals surface area contributed by atoms with Crippen molar-refractivity contribution in [3.63, 3.8) is 0 Å². The quantitative estimate of drug-likeness (QED) is 0.339. The number of amidine groups is 1. The average molecular weight is 183 g/mol. The van der Waals surface area contributed by atoms with Gasteiger partial charge in [-0.05, 0) is 25.2 Å². The average Bonchev–Trinajstić information content (AvgIpc) is 1.87. The number of hydrogen-bond donors (Lipinski definition) is 0. The Kier molecular flexibility index (Phi) is 4.23. The molecule has 0 bridgehead atoms. The molecule has 0 aliphatic carbocycles. The van der Waals surface area contributed by atoms with Crippen molar-refractivity contribution in [2.75, 3.05) is 0 Å². The summed E-state index contributed by atoms with van der Waals surface area (Å²) in [7, 11) is 0. The van der Waals surface area contributed by atoms with Crippen molar-refractivity contribution in [1.29, 1.82) is 0 Å². The van der Waals surface area contributed by atoms with E-state index < -0.39 is 5.83 Å². The molecular weight excluding hydrogens is 178 g/mol. The van der Waals surface area contributed by atoms with Crippen molar-refractivity contribution in [1.82, 2.24) is 0 Å². The van der Waals surface area contributed by atoms with Crippen LogP contribution in [0.2, 0.25) is 0 Å². The van der Waals surface area contributed by atoms with E-state index in [4.69, 9.17) is 23.2 Å². The Bertz CT molecular complexity index is 194. The van der Waals surface area contributed by atoms with Gasteiger partial charge in [-0.15, -0.1) is 0 Å². The van der Waals surface area contributed by atoms with Crippen molar-refractivity contribution in [3.05, 3.63) is 11.0 Å². The lowest BCUT2D eigenvalue weighted by molar-refractivity contribution is 0.634. The van der Waals surface area contributed by atoms with Crippen LogP contribution in [-0.4, -0.2) is 12.0 Å². The third kappa shape index (κ3) is 3.58. The Morgan fingerprint density at radius 3 is 2.30 bits per heavy atom. The molecular formula is C5H5Cl2FN2. The molecule has 0 fully saturated rings. The van der Waals surface area contributed by atoms with E-state index in [9.17, 15) is 4.39 Å². The lowest BCUT2D eigenvalue weighted by atomic mass is 10.6. The molecule has 0 radical (unpaired) electrons. The molecule has 0 rings (SSSR count). The van der Waals surface area contributed by atoms with Crippen LogP contribution >= 0.6 is 23.2 Å². The number of halogens is 3. The van der Waals surface area contributed by atoms with Crippen molar-refractivity contribution in [3.8, 4) is 0 Å². The van der Waals surface area contributed by atoms with Crippen molar-refractivity contribution in [2.24, 2.45) is 9.98 Å². The number of hydrogen-bond acceptors (Lipinski definition) is 1. The van der Waals surface area contributed by atoms with Crippen molar-refractivity contribution < 1.29 is 4.39 Å². The first kappa shape index (κ1) is 9.59. The van der Waals surface area contributed by atoms with Gasteiger partial charge < -0.3 is 0 Å². The fourth-order valence-corrected chi connectivity index (χ4v) is 0.401. The monoisotopic (exact) mass is 182 g/mol. The zero-order chi connectivity index (χ0) is 8.15. The summed E-state index contributed by atoms with van der Waals surface area (Å²) in [5, 5.41) is -0.487. The molecule has 0 atom stereocenters. The van der Waals surface area contributed by atoms with Gasteiger partial charge in [-0.2, -0.15) is 0 Å². The number of rotatable bonds is 1. The zero-order valence-corrected chi connectivity index (χ0v) is 6.75. The number of allylic oxidation sites excluding steroid dienone is 1. The van der Waals surface area contributed by atoms with E-state index in [1.807, 2.05) is 0 Å². The fraction of sp³-hybridized carbons (Fsp3) is 0.200. The van der Waals surface area contributed by atoms with E-state index in [1.54, 1.807) is 0 Å². The molecule has 0 saturated heterocycles. The first-order valence-corrected chi connectivity index (χ1v) is 3.06. The molecule has 0 aromatic rings. The molecule has 0 aromatic heterocycles. The highest BCUT2D eigenvalue weighted by molar-refractivity contribution is 6.65. The maximum absolute atomic E-state index is 12.1. The lowest BCUT2D eigenvalue weighted by Crippen LogP contribution is -1.79. The maximum Gasteiger partial charge on any atom is 0.223 e. The molecule has 2 nitrogen and oxygen atoms in total.